The molecule has 10 heteroatoms. The summed E-state index contributed by atoms with van der Waals surface area (Å²) in [6, 6.07) is 20.1. The van der Waals surface area contributed by atoms with Gasteiger partial charge in [-0.3, -0.25) is 0 Å². The first-order valence-electron chi connectivity index (χ1n) is 15.5. The van der Waals surface area contributed by atoms with Crippen molar-refractivity contribution in [3.05, 3.63) is 84.1 Å². The van der Waals surface area contributed by atoms with Crippen molar-refractivity contribution < 1.29 is 28.1 Å². The van der Waals surface area contributed by atoms with Crippen LogP contribution in [0.3, 0.4) is 0 Å². The molecule has 0 aromatic heterocycles. The summed E-state index contributed by atoms with van der Waals surface area (Å²) in [6.45, 7) is 14.3. The molecule has 0 aliphatic carbocycles. The van der Waals surface area contributed by atoms with Crippen LogP contribution in [0, 0.1) is 0 Å². The molecule has 0 radical (unpaired) electrons. The number of aliphatic hydroxyl groups is 2. The number of allylic oxidation sites excluding steroid dienone is 1. The van der Waals surface area contributed by atoms with Crippen molar-refractivity contribution in [2.75, 3.05) is 13.1 Å². The molecule has 0 bridgehead atoms. The van der Waals surface area contributed by atoms with Crippen LogP contribution in [-0.2, 0) is 44.5 Å². The maximum absolute atomic E-state index is 12.9. The van der Waals surface area contributed by atoms with Crippen molar-refractivity contribution in [2.24, 2.45) is 0 Å². The van der Waals surface area contributed by atoms with Gasteiger partial charge in [0.1, 0.15) is 34.2 Å². The molecule has 2 heterocycles. The number of hydrogen-bond acceptors (Lipinski definition) is 6. The average molecular weight is 649 g/mol. The first-order chi connectivity index (χ1) is 20.7. The molecule has 6 atom stereocenters. The monoisotopic (exact) mass is 648 g/mol. The first kappa shape index (κ1) is 36.5. The molecule has 2 aromatic rings. The summed E-state index contributed by atoms with van der Waals surface area (Å²) in [4.78, 5) is 0. The van der Waals surface area contributed by atoms with E-state index >= 15 is 0 Å². The highest BCUT2D eigenvalue weighted by molar-refractivity contribution is 7.84. The van der Waals surface area contributed by atoms with Crippen LogP contribution in [0.2, 0.25) is 0 Å². The first-order valence-corrected chi connectivity index (χ1v) is 17.7. The van der Waals surface area contributed by atoms with Crippen molar-refractivity contribution in [1.82, 2.24) is 8.61 Å². The molecule has 2 aromatic carbocycles. The number of nitrogens with zero attached hydrogens (tertiary/aromatic N) is 2. The van der Waals surface area contributed by atoms with E-state index in [0.29, 0.717) is 39.0 Å². The van der Waals surface area contributed by atoms with Gasteiger partial charge in [0.05, 0.1) is 21.9 Å². The Bertz CT molecular complexity index is 1200. The molecule has 2 aliphatic rings. The van der Waals surface area contributed by atoms with Crippen LogP contribution in [0.5, 0.6) is 0 Å². The minimum absolute atomic E-state index is 0.130. The van der Waals surface area contributed by atoms with Crippen LogP contribution >= 0.6 is 0 Å². The van der Waals surface area contributed by atoms with E-state index in [4.69, 9.17) is 9.47 Å². The van der Waals surface area contributed by atoms with E-state index in [0.717, 1.165) is 18.4 Å². The van der Waals surface area contributed by atoms with Crippen molar-refractivity contribution >= 4 is 22.0 Å². The molecule has 2 unspecified atom stereocenters. The van der Waals surface area contributed by atoms with Crippen LogP contribution in [0.25, 0.3) is 0 Å². The van der Waals surface area contributed by atoms with Gasteiger partial charge in [-0.2, -0.15) is 0 Å². The summed E-state index contributed by atoms with van der Waals surface area (Å²) < 4.78 is 40.1. The third-order valence-corrected chi connectivity index (χ3v) is 10.8. The summed E-state index contributed by atoms with van der Waals surface area (Å²) >= 11 is 0. The molecule has 8 nitrogen and oxygen atoms in total. The number of aliphatic hydroxyl groups excluding tert-OH is 2. The maximum Gasteiger partial charge on any atom is 0.181 e. The van der Waals surface area contributed by atoms with Gasteiger partial charge in [0, 0.05) is 26.2 Å². The fraction of sp³-hybridized carbons (Fsp3) is 0.588. The predicted octanol–water partition coefficient (Wildman–Crippen LogP) is 5.45. The second-order valence-corrected chi connectivity index (χ2v) is 17.8. The third-order valence-electron chi connectivity index (χ3n) is 7.20. The molecule has 1 fully saturated rings. The SMILES string of the molecule is CC(C)(C)[S@](=O)N(Cc1ccccc1)C[C@@H]1CCC(O)C(O)O1.CC(C)(C)[S@](=O)N(Cc1ccccc1)C[C@@H]1CCC=CO1. The summed E-state index contributed by atoms with van der Waals surface area (Å²) in [5, 5.41) is 19.2. The van der Waals surface area contributed by atoms with Gasteiger partial charge in [0.25, 0.3) is 0 Å². The van der Waals surface area contributed by atoms with Gasteiger partial charge in [-0.15, -0.1) is 0 Å². The largest absolute Gasteiger partial charge is 0.497 e. The van der Waals surface area contributed by atoms with Gasteiger partial charge < -0.3 is 19.7 Å². The van der Waals surface area contributed by atoms with Gasteiger partial charge in [-0.1, -0.05) is 60.7 Å². The Morgan fingerprint density at radius 3 is 1.61 bits per heavy atom. The van der Waals surface area contributed by atoms with E-state index < -0.39 is 34.4 Å². The van der Waals surface area contributed by atoms with Crippen molar-refractivity contribution in [1.29, 1.82) is 0 Å². The Hall–Kier alpha value is -1.92. The molecule has 0 amide bonds. The predicted molar refractivity (Wildman–Crippen MR) is 179 cm³/mol. The standard InChI is InChI=1S/C17H27NO4S.C17H25NO2S/c1-17(2,3)23(21)18(11-13-7-5-4-6-8-13)12-14-9-10-15(19)16(20)22-14;1-17(2,3)21(19)18(13-15-9-5-4-6-10-15)14-16-11-7-8-12-20-16/h4-8,14-16,19-20H,9-12H2,1-3H3;4-6,8-10,12,16H,7,11,13-14H2,1-3H3/t14-,15?,16?,23-;16-,21-/m00/s1. The lowest BCUT2D eigenvalue weighted by atomic mass is 10.1. The van der Waals surface area contributed by atoms with Crippen molar-refractivity contribution in [3.63, 3.8) is 0 Å². The molecule has 4 rings (SSSR count). The van der Waals surface area contributed by atoms with Gasteiger partial charge in [0.2, 0.25) is 0 Å². The number of rotatable bonds is 10. The molecular weight excluding hydrogens is 597 g/mol. The second kappa shape index (κ2) is 17.1. The Kier molecular flexibility index (Phi) is 14.2. The van der Waals surface area contributed by atoms with Crippen LogP contribution < -0.4 is 0 Å². The van der Waals surface area contributed by atoms with Gasteiger partial charge in [-0.25, -0.2) is 17.0 Å². The Morgan fingerprint density at radius 2 is 1.20 bits per heavy atom. The summed E-state index contributed by atoms with van der Waals surface area (Å²) in [7, 11) is -2.24. The molecule has 44 heavy (non-hydrogen) atoms. The highest BCUT2D eigenvalue weighted by Crippen LogP contribution is 2.24. The van der Waals surface area contributed by atoms with E-state index in [1.807, 2.05) is 105 Å². The highest BCUT2D eigenvalue weighted by Gasteiger charge is 2.33. The normalized spacial score (nSPS) is 23.9. The van der Waals surface area contributed by atoms with E-state index in [-0.39, 0.29) is 21.7 Å². The maximum atomic E-state index is 12.9. The minimum atomic E-state index is -1.19. The van der Waals surface area contributed by atoms with E-state index in [1.54, 1.807) is 6.26 Å². The number of benzene rings is 2. The summed E-state index contributed by atoms with van der Waals surface area (Å²) in [5.74, 6) is 0. The van der Waals surface area contributed by atoms with E-state index in [1.165, 1.54) is 5.56 Å². The lowest BCUT2D eigenvalue weighted by Crippen LogP contribution is -2.46. The quantitative estimate of drug-likeness (QED) is 0.356. The summed E-state index contributed by atoms with van der Waals surface area (Å²) in [6.07, 6.45) is 4.88. The lowest BCUT2D eigenvalue weighted by Gasteiger charge is -2.35. The van der Waals surface area contributed by atoms with Gasteiger partial charge in [0.15, 0.2) is 6.29 Å². The second-order valence-electron chi connectivity index (χ2n) is 13.3. The smallest absolute Gasteiger partial charge is 0.181 e. The Balaban J connectivity index is 0.000000241. The molecule has 2 aliphatic heterocycles. The zero-order valence-corrected chi connectivity index (χ0v) is 28.8. The van der Waals surface area contributed by atoms with Crippen molar-refractivity contribution in [3.8, 4) is 0 Å². The molecule has 0 saturated carbocycles. The molecule has 246 valence electrons. The number of hydrogen-bond donors (Lipinski definition) is 2. The highest BCUT2D eigenvalue weighted by atomic mass is 32.2. The van der Waals surface area contributed by atoms with Crippen LogP contribution in [-0.4, -0.2) is 74.4 Å². The zero-order valence-electron chi connectivity index (χ0n) is 27.1. The molecular formula is C34H52N2O6S2. The fourth-order valence-electron chi connectivity index (χ4n) is 4.89. The molecule has 1 saturated heterocycles. The summed E-state index contributed by atoms with van der Waals surface area (Å²) in [5.41, 5.74) is 2.27. The lowest BCUT2D eigenvalue weighted by molar-refractivity contribution is -0.216. The minimum Gasteiger partial charge on any atom is -0.497 e. The molecule has 2 N–H and O–H groups in total. The Morgan fingerprint density at radius 1 is 0.727 bits per heavy atom. The van der Waals surface area contributed by atoms with Crippen LogP contribution in [0.15, 0.2) is 73.0 Å². The fourth-order valence-corrected chi connectivity index (χ4v) is 7.58. The topological polar surface area (TPSA) is 99.5 Å². The van der Waals surface area contributed by atoms with Crippen molar-refractivity contribution in [2.45, 2.75) is 114 Å². The van der Waals surface area contributed by atoms with Gasteiger partial charge >= 0.3 is 0 Å². The number of ether oxygens (including phenoxy) is 2. The zero-order chi connectivity index (χ0) is 32.3. The van der Waals surface area contributed by atoms with E-state index in [2.05, 4.69) is 12.1 Å². The average Bonchev–Trinajstić information content (AvgIpc) is 2.98. The third kappa shape index (κ3) is 12.1. The Labute approximate surface area is 269 Å². The van der Waals surface area contributed by atoms with E-state index in [9.17, 15) is 18.6 Å². The molecule has 0 spiro atoms. The van der Waals surface area contributed by atoms with Crippen LogP contribution in [0.4, 0.5) is 0 Å². The van der Waals surface area contributed by atoms with Gasteiger partial charge in [-0.05, 0) is 84.4 Å². The van der Waals surface area contributed by atoms with Crippen LogP contribution in [0.1, 0.15) is 78.4 Å².